The molecule has 1 aromatic heterocycles. The molecule has 2 rings (SSSR count). The van der Waals surface area contributed by atoms with Crippen LogP contribution in [0.5, 0.6) is 0 Å². The molecule has 0 bridgehead atoms. The van der Waals surface area contributed by atoms with E-state index in [9.17, 15) is 5.11 Å². The largest absolute Gasteiger partial charge is 0.389 e. The molecule has 0 aliphatic carbocycles. The lowest BCUT2D eigenvalue weighted by atomic mass is 10.1. The minimum atomic E-state index is -0.651. The zero-order chi connectivity index (χ0) is 19.3. The summed E-state index contributed by atoms with van der Waals surface area (Å²) in [7, 11) is 0. The van der Waals surface area contributed by atoms with Crippen LogP contribution in [-0.2, 0) is 11.2 Å². The van der Waals surface area contributed by atoms with Gasteiger partial charge in [-0.3, -0.25) is 9.98 Å². The van der Waals surface area contributed by atoms with E-state index in [1.807, 2.05) is 62.4 Å². The van der Waals surface area contributed by atoms with E-state index >= 15 is 0 Å². The van der Waals surface area contributed by atoms with Crippen molar-refractivity contribution in [3.05, 3.63) is 66.0 Å². The molecule has 0 radical (unpaired) electrons. The van der Waals surface area contributed by atoms with E-state index in [4.69, 9.17) is 4.74 Å². The zero-order valence-electron chi connectivity index (χ0n) is 16.1. The second-order valence-corrected chi connectivity index (χ2v) is 6.26. The summed E-state index contributed by atoms with van der Waals surface area (Å²) in [5.74, 6) is 0.684. The summed E-state index contributed by atoms with van der Waals surface area (Å²) in [6.07, 6.45) is 1.89. The summed E-state index contributed by atoms with van der Waals surface area (Å²) < 4.78 is 5.75. The van der Waals surface area contributed by atoms with Gasteiger partial charge < -0.3 is 20.5 Å². The SMILES string of the molecule is CCNC(=NCC(O)COC(C)c1ccccc1)NCCc1ccccn1. The summed E-state index contributed by atoms with van der Waals surface area (Å²) in [6, 6.07) is 15.9. The molecule has 0 aliphatic rings. The van der Waals surface area contributed by atoms with Gasteiger partial charge in [-0.1, -0.05) is 36.4 Å². The fourth-order valence-corrected chi connectivity index (χ4v) is 2.52. The quantitative estimate of drug-likeness (QED) is 0.442. The Kier molecular flexibility index (Phi) is 9.30. The highest BCUT2D eigenvalue weighted by Gasteiger charge is 2.10. The van der Waals surface area contributed by atoms with Crippen molar-refractivity contribution in [1.29, 1.82) is 0 Å². The number of benzene rings is 1. The van der Waals surface area contributed by atoms with Crippen molar-refractivity contribution in [2.45, 2.75) is 32.5 Å². The first kappa shape index (κ1) is 20.9. The second kappa shape index (κ2) is 12.0. The molecule has 2 atom stereocenters. The monoisotopic (exact) mass is 370 g/mol. The summed E-state index contributed by atoms with van der Waals surface area (Å²) in [6.45, 7) is 5.99. The van der Waals surface area contributed by atoms with E-state index in [1.54, 1.807) is 6.20 Å². The van der Waals surface area contributed by atoms with Crippen molar-refractivity contribution < 1.29 is 9.84 Å². The summed E-state index contributed by atoms with van der Waals surface area (Å²) in [5.41, 5.74) is 2.13. The molecule has 6 nitrogen and oxygen atoms in total. The van der Waals surface area contributed by atoms with E-state index in [0.717, 1.165) is 30.8 Å². The minimum Gasteiger partial charge on any atom is -0.389 e. The van der Waals surface area contributed by atoms with Gasteiger partial charge in [0, 0.05) is 31.4 Å². The van der Waals surface area contributed by atoms with E-state index < -0.39 is 6.10 Å². The molecule has 2 aromatic rings. The third kappa shape index (κ3) is 8.19. The minimum absolute atomic E-state index is 0.0606. The first-order valence-electron chi connectivity index (χ1n) is 9.45. The normalized spacial score (nSPS) is 13.8. The van der Waals surface area contributed by atoms with E-state index in [0.29, 0.717) is 5.96 Å². The number of nitrogens with one attached hydrogen (secondary N) is 2. The van der Waals surface area contributed by atoms with Crippen LogP contribution in [0.3, 0.4) is 0 Å². The predicted octanol–water partition coefficient (Wildman–Crippen LogP) is 2.32. The van der Waals surface area contributed by atoms with Gasteiger partial charge in [0.2, 0.25) is 0 Å². The maximum absolute atomic E-state index is 10.2. The molecule has 0 saturated heterocycles. The number of nitrogens with zero attached hydrogens (tertiary/aromatic N) is 2. The van der Waals surface area contributed by atoms with Gasteiger partial charge in [0.15, 0.2) is 5.96 Å². The average Bonchev–Trinajstić information content (AvgIpc) is 2.71. The van der Waals surface area contributed by atoms with Gasteiger partial charge >= 0.3 is 0 Å². The first-order valence-corrected chi connectivity index (χ1v) is 9.45. The molecule has 0 spiro atoms. The van der Waals surface area contributed by atoms with Crippen LogP contribution < -0.4 is 10.6 Å². The Morgan fingerprint density at radius 3 is 2.63 bits per heavy atom. The van der Waals surface area contributed by atoms with Gasteiger partial charge in [-0.2, -0.15) is 0 Å². The summed E-state index contributed by atoms with van der Waals surface area (Å²) in [4.78, 5) is 8.74. The molecule has 0 aliphatic heterocycles. The van der Waals surface area contributed by atoms with Gasteiger partial charge in [-0.25, -0.2) is 0 Å². The molecule has 6 heteroatoms. The highest BCUT2D eigenvalue weighted by molar-refractivity contribution is 5.79. The van der Waals surface area contributed by atoms with Gasteiger partial charge in [-0.15, -0.1) is 0 Å². The molecule has 27 heavy (non-hydrogen) atoms. The van der Waals surface area contributed by atoms with Crippen molar-refractivity contribution in [2.24, 2.45) is 4.99 Å². The van der Waals surface area contributed by atoms with Crippen LogP contribution in [0.25, 0.3) is 0 Å². The van der Waals surface area contributed by atoms with Crippen molar-refractivity contribution in [3.63, 3.8) is 0 Å². The topological polar surface area (TPSA) is 78.8 Å². The van der Waals surface area contributed by atoms with Gasteiger partial charge in [0.05, 0.1) is 25.4 Å². The number of aliphatic imine (C=N–C) groups is 1. The first-order chi connectivity index (χ1) is 13.2. The molecule has 2 unspecified atom stereocenters. The van der Waals surface area contributed by atoms with Crippen LogP contribution in [0.15, 0.2) is 59.7 Å². The molecule has 0 amide bonds. The Balaban J connectivity index is 1.73. The fourth-order valence-electron chi connectivity index (χ4n) is 2.52. The number of ether oxygens (including phenoxy) is 1. The lowest BCUT2D eigenvalue weighted by Gasteiger charge is -2.16. The number of guanidine groups is 1. The van der Waals surface area contributed by atoms with Crippen LogP contribution >= 0.6 is 0 Å². The van der Waals surface area contributed by atoms with Crippen molar-refractivity contribution >= 4 is 5.96 Å². The number of hydrogen-bond donors (Lipinski definition) is 3. The Labute approximate surface area is 161 Å². The van der Waals surface area contributed by atoms with Crippen molar-refractivity contribution in [2.75, 3.05) is 26.2 Å². The van der Waals surface area contributed by atoms with Crippen LogP contribution in [0.1, 0.15) is 31.2 Å². The van der Waals surface area contributed by atoms with Crippen LogP contribution in [0, 0.1) is 0 Å². The third-order valence-corrected chi connectivity index (χ3v) is 4.01. The average molecular weight is 370 g/mol. The van der Waals surface area contributed by atoms with Crippen LogP contribution in [0.4, 0.5) is 0 Å². The van der Waals surface area contributed by atoms with E-state index in [2.05, 4.69) is 20.6 Å². The third-order valence-electron chi connectivity index (χ3n) is 4.01. The Bertz CT molecular complexity index is 664. The van der Waals surface area contributed by atoms with E-state index in [1.165, 1.54) is 0 Å². The van der Waals surface area contributed by atoms with Crippen LogP contribution in [-0.4, -0.2) is 48.4 Å². The number of aliphatic hydroxyl groups excluding tert-OH is 1. The van der Waals surface area contributed by atoms with Gasteiger partial charge in [0.25, 0.3) is 0 Å². The highest BCUT2D eigenvalue weighted by Crippen LogP contribution is 2.15. The van der Waals surface area contributed by atoms with E-state index in [-0.39, 0.29) is 19.3 Å². The maximum atomic E-state index is 10.2. The molecular weight excluding hydrogens is 340 g/mol. The molecule has 146 valence electrons. The Hall–Kier alpha value is -2.44. The summed E-state index contributed by atoms with van der Waals surface area (Å²) in [5, 5.41) is 16.6. The van der Waals surface area contributed by atoms with Crippen molar-refractivity contribution in [3.8, 4) is 0 Å². The smallest absolute Gasteiger partial charge is 0.191 e. The number of hydrogen-bond acceptors (Lipinski definition) is 4. The standard InChI is InChI=1S/C21H30N4O2/c1-3-22-21(24-14-12-19-11-7-8-13-23-19)25-15-20(26)16-27-17(2)18-9-5-4-6-10-18/h4-11,13,17,20,26H,3,12,14-16H2,1-2H3,(H2,22,24,25). The Morgan fingerprint density at radius 1 is 1.15 bits per heavy atom. The van der Waals surface area contributed by atoms with Gasteiger partial charge in [0.1, 0.15) is 0 Å². The molecule has 0 saturated carbocycles. The maximum Gasteiger partial charge on any atom is 0.191 e. The lowest BCUT2D eigenvalue weighted by molar-refractivity contribution is 0.00111. The van der Waals surface area contributed by atoms with Crippen molar-refractivity contribution in [1.82, 2.24) is 15.6 Å². The van der Waals surface area contributed by atoms with Gasteiger partial charge in [-0.05, 0) is 31.5 Å². The molecule has 1 heterocycles. The highest BCUT2D eigenvalue weighted by atomic mass is 16.5. The van der Waals surface area contributed by atoms with Crippen LogP contribution in [0.2, 0.25) is 0 Å². The molecule has 1 aromatic carbocycles. The number of pyridine rings is 1. The number of aliphatic hydroxyl groups is 1. The molecule has 3 N–H and O–H groups in total. The fraction of sp³-hybridized carbons (Fsp3) is 0.429. The predicted molar refractivity (Wildman–Crippen MR) is 109 cm³/mol. The lowest BCUT2D eigenvalue weighted by Crippen LogP contribution is -2.39. The number of aromatic nitrogens is 1. The second-order valence-electron chi connectivity index (χ2n) is 6.26. The number of rotatable bonds is 10. The molecule has 0 fully saturated rings. The zero-order valence-corrected chi connectivity index (χ0v) is 16.1. The molecular formula is C21H30N4O2. The summed E-state index contributed by atoms with van der Waals surface area (Å²) >= 11 is 0. The Morgan fingerprint density at radius 2 is 1.93 bits per heavy atom.